The lowest BCUT2D eigenvalue weighted by Crippen LogP contribution is -2.15. The topological polar surface area (TPSA) is 68.1 Å². The first-order valence-corrected chi connectivity index (χ1v) is 10.5. The van der Waals surface area contributed by atoms with E-state index in [4.69, 9.17) is 14.7 Å². The van der Waals surface area contributed by atoms with Crippen LogP contribution in [0.3, 0.4) is 0 Å². The van der Waals surface area contributed by atoms with Crippen LogP contribution in [0.25, 0.3) is 0 Å². The number of hydrogen-bond donors (Lipinski definition) is 1. The Morgan fingerprint density at radius 2 is 1.75 bits per heavy atom. The van der Waals surface area contributed by atoms with Gasteiger partial charge in [0.05, 0.1) is 11.3 Å². The van der Waals surface area contributed by atoms with Crippen LogP contribution in [0.1, 0.15) is 47.9 Å². The fraction of sp³-hybridized carbons (Fsp3) is 0.417. The second kappa shape index (κ2) is 10.5. The molecule has 0 radical (unpaired) electrons. The number of nitrogens with zero attached hydrogens (tertiary/aromatic N) is 1. The van der Waals surface area contributed by atoms with E-state index in [0.717, 1.165) is 54.7 Å². The largest absolute Gasteiger partial charge is 0.482 e. The molecule has 5 nitrogen and oxygen atoms in total. The van der Waals surface area contributed by atoms with Gasteiger partial charge in [-0.25, -0.2) is 4.79 Å². The molecule has 0 atom stereocenters. The molecule has 0 aliphatic heterocycles. The summed E-state index contributed by atoms with van der Waals surface area (Å²) < 4.78 is 43.4. The summed E-state index contributed by atoms with van der Waals surface area (Å²) in [4.78, 5) is 16.2. The van der Waals surface area contributed by atoms with E-state index in [1.807, 2.05) is 19.1 Å². The summed E-state index contributed by atoms with van der Waals surface area (Å²) >= 11 is 0. The molecule has 8 heteroatoms. The third-order valence-electron chi connectivity index (χ3n) is 5.50. The molecule has 1 saturated carbocycles. The standard InChI is InChI=1S/C24H26F3NO4/c1-16-12-18(8-11-22(16)31-15-23(29)30)13-21(19-4-2-3-5-19)28-32-14-17-6-9-20(10-7-17)24(25,26)27/h6-12,19H,2-5,13-15H2,1H3,(H,29,30). The van der Waals surface area contributed by atoms with Crippen LogP contribution in [0.5, 0.6) is 5.75 Å². The number of carbonyl (C=O) groups is 1. The first kappa shape index (κ1) is 23.6. The van der Waals surface area contributed by atoms with Gasteiger partial charge >= 0.3 is 12.1 Å². The summed E-state index contributed by atoms with van der Waals surface area (Å²) in [6.07, 6.45) is 0.535. The van der Waals surface area contributed by atoms with E-state index in [-0.39, 0.29) is 6.61 Å². The Bertz CT molecular complexity index is 949. The van der Waals surface area contributed by atoms with E-state index in [9.17, 15) is 18.0 Å². The van der Waals surface area contributed by atoms with Gasteiger partial charge in [-0.3, -0.25) is 0 Å². The zero-order valence-electron chi connectivity index (χ0n) is 17.8. The highest BCUT2D eigenvalue weighted by Gasteiger charge is 2.30. The number of alkyl halides is 3. The first-order chi connectivity index (χ1) is 15.2. The molecule has 0 saturated heterocycles. The van der Waals surface area contributed by atoms with Crippen molar-refractivity contribution < 1.29 is 32.6 Å². The summed E-state index contributed by atoms with van der Waals surface area (Å²) in [5, 5.41) is 13.1. The molecule has 0 aromatic heterocycles. The molecule has 1 fully saturated rings. The third kappa shape index (κ3) is 6.73. The van der Waals surface area contributed by atoms with Gasteiger partial charge in [0, 0.05) is 12.3 Å². The molecule has 2 aromatic carbocycles. The second-order valence-corrected chi connectivity index (χ2v) is 7.99. The molecule has 0 spiro atoms. The monoisotopic (exact) mass is 449 g/mol. The summed E-state index contributed by atoms with van der Waals surface area (Å²) in [7, 11) is 0. The van der Waals surface area contributed by atoms with E-state index >= 15 is 0 Å². The molecule has 172 valence electrons. The van der Waals surface area contributed by atoms with Gasteiger partial charge in [-0.2, -0.15) is 13.2 Å². The highest BCUT2D eigenvalue weighted by Crippen LogP contribution is 2.30. The van der Waals surface area contributed by atoms with Crippen LogP contribution in [0.2, 0.25) is 0 Å². The van der Waals surface area contributed by atoms with Gasteiger partial charge in [0.1, 0.15) is 12.4 Å². The van der Waals surface area contributed by atoms with Gasteiger partial charge in [0.15, 0.2) is 6.61 Å². The van der Waals surface area contributed by atoms with Crippen LogP contribution in [-0.2, 0) is 28.8 Å². The Balaban J connectivity index is 1.66. The van der Waals surface area contributed by atoms with Gasteiger partial charge in [-0.15, -0.1) is 0 Å². The van der Waals surface area contributed by atoms with Crippen molar-refractivity contribution in [3.63, 3.8) is 0 Å². The molecule has 3 rings (SSSR count). The summed E-state index contributed by atoms with van der Waals surface area (Å²) in [5.41, 5.74) is 2.67. The van der Waals surface area contributed by atoms with E-state index < -0.39 is 24.3 Å². The second-order valence-electron chi connectivity index (χ2n) is 7.99. The molecule has 1 aliphatic carbocycles. The van der Waals surface area contributed by atoms with Crippen LogP contribution in [0.4, 0.5) is 13.2 Å². The van der Waals surface area contributed by atoms with Crippen LogP contribution in [0, 0.1) is 12.8 Å². The number of benzene rings is 2. The fourth-order valence-electron chi connectivity index (χ4n) is 3.82. The van der Waals surface area contributed by atoms with Crippen molar-refractivity contribution in [2.45, 2.75) is 51.8 Å². The summed E-state index contributed by atoms with van der Waals surface area (Å²) in [5.74, 6) is -0.200. The van der Waals surface area contributed by atoms with Crippen LogP contribution in [-0.4, -0.2) is 23.4 Å². The molecule has 2 aromatic rings. The maximum atomic E-state index is 12.7. The lowest BCUT2D eigenvalue weighted by atomic mass is 9.95. The average molecular weight is 449 g/mol. The predicted octanol–water partition coefficient (Wildman–Crippen LogP) is 5.78. The lowest BCUT2D eigenvalue weighted by molar-refractivity contribution is -0.139. The Morgan fingerprint density at radius 1 is 1.09 bits per heavy atom. The highest BCUT2D eigenvalue weighted by atomic mass is 19.4. The maximum Gasteiger partial charge on any atom is 0.416 e. The molecule has 1 N–H and O–H groups in total. The fourth-order valence-corrected chi connectivity index (χ4v) is 3.82. The van der Waals surface area contributed by atoms with Gasteiger partial charge in [-0.05, 0) is 54.7 Å². The molecule has 32 heavy (non-hydrogen) atoms. The van der Waals surface area contributed by atoms with Gasteiger partial charge in [0.25, 0.3) is 0 Å². The number of hydrogen-bond acceptors (Lipinski definition) is 4. The van der Waals surface area contributed by atoms with Crippen molar-refractivity contribution in [3.8, 4) is 5.75 Å². The number of rotatable bonds is 9. The van der Waals surface area contributed by atoms with Gasteiger partial charge < -0.3 is 14.7 Å². The van der Waals surface area contributed by atoms with Crippen LogP contribution in [0.15, 0.2) is 47.6 Å². The molecule has 1 aliphatic rings. The number of aryl methyl sites for hydroxylation is 1. The number of aliphatic carboxylic acids is 1. The molecular formula is C24H26F3NO4. The first-order valence-electron chi connectivity index (χ1n) is 10.5. The van der Waals surface area contributed by atoms with Crippen molar-refractivity contribution in [3.05, 3.63) is 64.7 Å². The van der Waals surface area contributed by atoms with Crippen LogP contribution < -0.4 is 4.74 Å². The molecule has 0 heterocycles. The minimum absolute atomic E-state index is 0.0926. The van der Waals surface area contributed by atoms with E-state index in [1.54, 1.807) is 6.07 Å². The minimum Gasteiger partial charge on any atom is -0.482 e. The van der Waals surface area contributed by atoms with E-state index in [2.05, 4.69) is 5.16 Å². The van der Waals surface area contributed by atoms with Gasteiger partial charge in [0.2, 0.25) is 0 Å². The molecular weight excluding hydrogens is 423 g/mol. The summed E-state index contributed by atoms with van der Waals surface area (Å²) in [6, 6.07) is 10.4. The lowest BCUT2D eigenvalue weighted by Gasteiger charge is -2.15. The number of oxime groups is 1. The van der Waals surface area contributed by atoms with Crippen molar-refractivity contribution >= 4 is 11.7 Å². The molecule has 0 bridgehead atoms. The quantitative estimate of drug-likeness (QED) is 0.389. The predicted molar refractivity (Wildman–Crippen MR) is 114 cm³/mol. The minimum atomic E-state index is -4.36. The Labute approximate surface area is 184 Å². The normalized spacial score (nSPS) is 15.1. The average Bonchev–Trinajstić information content (AvgIpc) is 3.27. The highest BCUT2D eigenvalue weighted by molar-refractivity contribution is 5.88. The van der Waals surface area contributed by atoms with Crippen molar-refractivity contribution in [1.82, 2.24) is 0 Å². The van der Waals surface area contributed by atoms with Crippen LogP contribution >= 0.6 is 0 Å². The smallest absolute Gasteiger partial charge is 0.416 e. The van der Waals surface area contributed by atoms with Crippen molar-refractivity contribution in [1.29, 1.82) is 0 Å². The Kier molecular flexibility index (Phi) is 7.77. The number of carboxylic acid groups (broad SMARTS) is 1. The zero-order chi connectivity index (χ0) is 23.1. The van der Waals surface area contributed by atoms with Crippen molar-refractivity contribution in [2.24, 2.45) is 11.1 Å². The number of halogens is 3. The maximum absolute atomic E-state index is 12.7. The number of ether oxygens (including phenoxy) is 1. The zero-order valence-corrected chi connectivity index (χ0v) is 17.8. The Morgan fingerprint density at radius 3 is 2.34 bits per heavy atom. The van der Waals surface area contributed by atoms with Gasteiger partial charge in [-0.1, -0.05) is 42.3 Å². The van der Waals surface area contributed by atoms with E-state index in [1.165, 1.54) is 12.1 Å². The van der Waals surface area contributed by atoms with Crippen molar-refractivity contribution in [2.75, 3.05) is 6.61 Å². The molecule has 0 unspecified atom stereocenters. The summed E-state index contributed by atoms with van der Waals surface area (Å²) in [6.45, 7) is 1.55. The van der Waals surface area contributed by atoms with E-state index in [0.29, 0.717) is 23.7 Å². The SMILES string of the molecule is Cc1cc(CC(=NOCc2ccc(C(F)(F)F)cc2)C2CCCC2)ccc1OCC(=O)O. The third-order valence-corrected chi connectivity index (χ3v) is 5.50. The number of carboxylic acids is 1. The molecule has 0 amide bonds. The Hall–Kier alpha value is -3.03.